The third kappa shape index (κ3) is 3.42. The fourth-order valence-electron chi connectivity index (χ4n) is 1.55. The average Bonchev–Trinajstić information content (AvgIpc) is 2.46. The first kappa shape index (κ1) is 14.2. The zero-order valence-corrected chi connectivity index (χ0v) is 12.1. The van der Waals surface area contributed by atoms with Gasteiger partial charge in [-0.05, 0) is 35.7 Å². The van der Waals surface area contributed by atoms with Gasteiger partial charge in [-0.15, -0.1) is 0 Å². The molecule has 0 aliphatic heterocycles. The summed E-state index contributed by atoms with van der Waals surface area (Å²) in [6.07, 6.45) is 0. The van der Waals surface area contributed by atoms with Crippen molar-refractivity contribution in [1.29, 1.82) is 0 Å². The standard InChI is InChI=1S/C14H15N3O2S/c1-12-8-10-13(11-9-12)17(2)15-16-20(18,19)14-6-4-3-5-7-14/h3-11H,1-2H3. The molecule has 104 valence electrons. The Morgan fingerprint density at radius 3 is 2.15 bits per heavy atom. The largest absolute Gasteiger partial charge is 0.301 e. The molecule has 0 atom stereocenters. The summed E-state index contributed by atoms with van der Waals surface area (Å²) in [6, 6.07) is 15.6. The molecular weight excluding hydrogens is 274 g/mol. The highest BCUT2D eigenvalue weighted by Gasteiger charge is 2.12. The average molecular weight is 289 g/mol. The van der Waals surface area contributed by atoms with Crippen LogP contribution in [0, 0.1) is 6.92 Å². The van der Waals surface area contributed by atoms with Crippen LogP contribution < -0.4 is 5.01 Å². The van der Waals surface area contributed by atoms with Gasteiger partial charge in [-0.1, -0.05) is 41.1 Å². The molecule has 0 fully saturated rings. The summed E-state index contributed by atoms with van der Waals surface area (Å²) in [5.41, 5.74) is 1.89. The number of anilines is 1. The molecule has 0 unspecified atom stereocenters. The zero-order chi connectivity index (χ0) is 14.6. The highest BCUT2D eigenvalue weighted by atomic mass is 32.2. The van der Waals surface area contributed by atoms with Gasteiger partial charge in [-0.3, -0.25) is 0 Å². The zero-order valence-electron chi connectivity index (χ0n) is 11.3. The normalized spacial score (nSPS) is 11.7. The van der Waals surface area contributed by atoms with Gasteiger partial charge in [0.05, 0.1) is 10.6 Å². The molecule has 0 saturated heterocycles. The van der Waals surface area contributed by atoms with Gasteiger partial charge in [0.2, 0.25) is 0 Å². The summed E-state index contributed by atoms with van der Waals surface area (Å²) in [4.78, 5) is 0.126. The molecule has 2 rings (SSSR count). The Morgan fingerprint density at radius 1 is 0.950 bits per heavy atom. The molecule has 20 heavy (non-hydrogen) atoms. The van der Waals surface area contributed by atoms with E-state index in [0.717, 1.165) is 11.3 Å². The Kier molecular flexibility index (Phi) is 4.14. The first-order chi connectivity index (χ1) is 9.49. The summed E-state index contributed by atoms with van der Waals surface area (Å²) >= 11 is 0. The van der Waals surface area contributed by atoms with E-state index >= 15 is 0 Å². The Labute approximate surface area is 118 Å². The highest BCUT2D eigenvalue weighted by Crippen LogP contribution is 2.16. The third-order valence-electron chi connectivity index (χ3n) is 2.73. The number of sulfonamides is 1. The molecule has 2 aromatic carbocycles. The molecule has 0 radical (unpaired) electrons. The SMILES string of the molecule is Cc1ccc(N(C)N=NS(=O)(=O)c2ccccc2)cc1. The molecule has 0 amide bonds. The highest BCUT2D eigenvalue weighted by molar-refractivity contribution is 7.90. The Balaban J connectivity index is 2.19. The van der Waals surface area contributed by atoms with E-state index in [1.165, 1.54) is 17.1 Å². The predicted octanol–water partition coefficient (Wildman–Crippen LogP) is 3.19. The van der Waals surface area contributed by atoms with E-state index in [-0.39, 0.29) is 4.90 Å². The van der Waals surface area contributed by atoms with Crippen molar-refractivity contribution in [2.24, 2.45) is 9.74 Å². The summed E-state index contributed by atoms with van der Waals surface area (Å²) in [5, 5.41) is 5.16. The van der Waals surface area contributed by atoms with Gasteiger partial charge in [0.1, 0.15) is 0 Å². The predicted molar refractivity (Wildman–Crippen MR) is 78.1 cm³/mol. The van der Waals surface area contributed by atoms with Crippen LogP contribution in [0.1, 0.15) is 5.56 Å². The van der Waals surface area contributed by atoms with Crippen molar-refractivity contribution in [3.63, 3.8) is 0 Å². The second-order valence-corrected chi connectivity index (χ2v) is 5.90. The lowest BCUT2D eigenvalue weighted by atomic mass is 10.2. The number of rotatable bonds is 4. The lowest BCUT2D eigenvalue weighted by molar-refractivity contribution is 0.594. The lowest BCUT2D eigenvalue weighted by Crippen LogP contribution is -2.08. The second kappa shape index (κ2) is 5.83. The van der Waals surface area contributed by atoms with Crippen molar-refractivity contribution >= 4 is 15.7 Å². The molecule has 0 aliphatic rings. The summed E-state index contributed by atoms with van der Waals surface area (Å²) in [5.74, 6) is 0. The third-order valence-corrected chi connectivity index (χ3v) is 3.88. The van der Waals surface area contributed by atoms with Crippen LogP contribution in [0.25, 0.3) is 0 Å². The van der Waals surface area contributed by atoms with E-state index < -0.39 is 10.0 Å². The number of hydrogen-bond donors (Lipinski definition) is 0. The van der Waals surface area contributed by atoms with Gasteiger partial charge in [0.15, 0.2) is 0 Å². The van der Waals surface area contributed by atoms with Crippen LogP contribution in [-0.4, -0.2) is 15.5 Å². The maximum absolute atomic E-state index is 11.9. The number of nitrogens with zero attached hydrogens (tertiary/aromatic N) is 3. The molecule has 0 saturated carbocycles. The number of hydrogen-bond acceptors (Lipinski definition) is 3. The minimum Gasteiger partial charge on any atom is -0.249 e. The van der Waals surface area contributed by atoms with Gasteiger partial charge >= 0.3 is 10.0 Å². The van der Waals surface area contributed by atoms with E-state index in [4.69, 9.17) is 0 Å². The molecule has 0 heterocycles. The van der Waals surface area contributed by atoms with Gasteiger partial charge in [0, 0.05) is 7.05 Å². The molecule has 0 N–H and O–H groups in total. The molecule has 0 aromatic heterocycles. The van der Waals surface area contributed by atoms with E-state index in [2.05, 4.69) is 9.74 Å². The monoisotopic (exact) mass is 289 g/mol. The topological polar surface area (TPSA) is 62.1 Å². The quantitative estimate of drug-likeness (QED) is 0.641. The van der Waals surface area contributed by atoms with Crippen LogP contribution in [0.15, 0.2) is 69.2 Å². The van der Waals surface area contributed by atoms with Crippen molar-refractivity contribution < 1.29 is 8.42 Å². The summed E-state index contributed by atoms with van der Waals surface area (Å²) < 4.78 is 27.3. The Morgan fingerprint density at radius 2 is 1.55 bits per heavy atom. The van der Waals surface area contributed by atoms with Gasteiger partial charge < -0.3 is 0 Å². The van der Waals surface area contributed by atoms with Crippen molar-refractivity contribution in [2.75, 3.05) is 12.1 Å². The first-order valence-corrected chi connectivity index (χ1v) is 7.46. The maximum atomic E-state index is 11.9. The molecule has 0 bridgehead atoms. The van der Waals surface area contributed by atoms with Crippen molar-refractivity contribution in [3.8, 4) is 0 Å². The van der Waals surface area contributed by atoms with Crippen LogP contribution in [0.3, 0.4) is 0 Å². The van der Waals surface area contributed by atoms with E-state index in [9.17, 15) is 8.42 Å². The van der Waals surface area contributed by atoms with Crippen molar-refractivity contribution in [2.45, 2.75) is 11.8 Å². The van der Waals surface area contributed by atoms with Crippen molar-refractivity contribution in [1.82, 2.24) is 0 Å². The summed E-state index contributed by atoms with van der Waals surface area (Å²) in [7, 11) is -2.11. The molecule has 2 aromatic rings. The molecular formula is C14H15N3O2S. The fourth-order valence-corrected chi connectivity index (χ4v) is 2.36. The van der Waals surface area contributed by atoms with E-state index in [0.29, 0.717) is 0 Å². The van der Waals surface area contributed by atoms with E-state index in [1.807, 2.05) is 31.2 Å². The van der Waals surface area contributed by atoms with Crippen LogP contribution >= 0.6 is 0 Å². The number of aryl methyl sites for hydroxylation is 1. The van der Waals surface area contributed by atoms with Crippen LogP contribution in [-0.2, 0) is 10.0 Å². The summed E-state index contributed by atoms with van der Waals surface area (Å²) in [6.45, 7) is 1.98. The fraction of sp³-hybridized carbons (Fsp3) is 0.143. The first-order valence-electron chi connectivity index (χ1n) is 6.02. The molecule has 5 nitrogen and oxygen atoms in total. The molecule has 6 heteroatoms. The Bertz CT molecular complexity index is 695. The minimum absolute atomic E-state index is 0.126. The molecule has 0 aliphatic carbocycles. The Hall–Kier alpha value is -2.21. The van der Waals surface area contributed by atoms with Gasteiger partial charge in [-0.2, -0.15) is 8.42 Å². The number of benzene rings is 2. The molecule has 0 spiro atoms. The smallest absolute Gasteiger partial charge is 0.249 e. The van der Waals surface area contributed by atoms with Gasteiger partial charge in [-0.25, -0.2) is 5.01 Å². The van der Waals surface area contributed by atoms with Crippen LogP contribution in [0.5, 0.6) is 0 Å². The minimum atomic E-state index is -3.75. The van der Waals surface area contributed by atoms with E-state index in [1.54, 1.807) is 25.2 Å². The maximum Gasteiger partial charge on any atom is 0.301 e. The van der Waals surface area contributed by atoms with Crippen molar-refractivity contribution in [3.05, 3.63) is 60.2 Å². The lowest BCUT2D eigenvalue weighted by Gasteiger charge is -2.11. The van der Waals surface area contributed by atoms with Gasteiger partial charge in [0.25, 0.3) is 0 Å². The second-order valence-electron chi connectivity index (χ2n) is 4.32. The van der Waals surface area contributed by atoms with Crippen LogP contribution in [0.4, 0.5) is 5.69 Å². The van der Waals surface area contributed by atoms with Crippen LogP contribution in [0.2, 0.25) is 0 Å².